The first kappa shape index (κ1) is 14.3. The lowest BCUT2D eigenvalue weighted by Gasteiger charge is -2.07. The Balaban J connectivity index is 2.27. The van der Waals surface area contributed by atoms with Crippen molar-refractivity contribution in [1.82, 2.24) is 15.0 Å². The highest BCUT2D eigenvalue weighted by Crippen LogP contribution is 2.23. The second-order valence-corrected chi connectivity index (χ2v) is 5.11. The summed E-state index contributed by atoms with van der Waals surface area (Å²) >= 11 is 11.9. The lowest BCUT2D eigenvalue weighted by molar-refractivity contribution is 0.275. The monoisotopic (exact) mass is 299 g/mol. The van der Waals surface area contributed by atoms with E-state index in [1.54, 1.807) is 10.7 Å². The highest BCUT2D eigenvalue weighted by molar-refractivity contribution is 6.42. The van der Waals surface area contributed by atoms with Gasteiger partial charge in [0, 0.05) is 0 Å². The molecule has 0 aliphatic carbocycles. The van der Waals surface area contributed by atoms with Crippen LogP contribution in [0.3, 0.4) is 0 Å². The van der Waals surface area contributed by atoms with E-state index in [0.717, 1.165) is 24.1 Å². The predicted molar refractivity (Wildman–Crippen MR) is 75.5 cm³/mol. The molecular weight excluding hydrogens is 285 g/mol. The van der Waals surface area contributed by atoms with Gasteiger partial charge >= 0.3 is 0 Å². The van der Waals surface area contributed by atoms with E-state index in [1.807, 2.05) is 12.1 Å². The Bertz CT molecular complexity index is 569. The van der Waals surface area contributed by atoms with E-state index >= 15 is 0 Å². The van der Waals surface area contributed by atoms with Crippen molar-refractivity contribution in [1.29, 1.82) is 0 Å². The van der Waals surface area contributed by atoms with Crippen LogP contribution < -0.4 is 0 Å². The molecule has 1 aromatic heterocycles. The fourth-order valence-corrected chi connectivity index (χ4v) is 2.26. The van der Waals surface area contributed by atoms with E-state index in [2.05, 4.69) is 17.2 Å². The zero-order valence-electron chi connectivity index (χ0n) is 10.6. The third-order valence-electron chi connectivity index (χ3n) is 2.87. The van der Waals surface area contributed by atoms with Crippen LogP contribution in [0.1, 0.15) is 30.3 Å². The van der Waals surface area contributed by atoms with Crippen LogP contribution in [0.4, 0.5) is 0 Å². The highest BCUT2D eigenvalue weighted by Gasteiger charge is 2.12. The summed E-state index contributed by atoms with van der Waals surface area (Å²) in [5.74, 6) is 0. The van der Waals surface area contributed by atoms with E-state index in [4.69, 9.17) is 23.2 Å². The minimum Gasteiger partial charge on any atom is -0.390 e. The third-order valence-corrected chi connectivity index (χ3v) is 3.61. The Kier molecular flexibility index (Phi) is 4.80. The quantitative estimate of drug-likeness (QED) is 0.923. The number of hydrogen-bond acceptors (Lipinski definition) is 3. The number of aromatic nitrogens is 3. The van der Waals surface area contributed by atoms with Gasteiger partial charge in [0.2, 0.25) is 0 Å². The maximum atomic E-state index is 9.25. The van der Waals surface area contributed by atoms with Gasteiger partial charge in [-0.25, -0.2) is 4.68 Å². The van der Waals surface area contributed by atoms with Gasteiger partial charge in [-0.05, 0) is 24.1 Å². The fraction of sp³-hybridized carbons (Fsp3) is 0.385. The number of nitrogens with zero attached hydrogens (tertiary/aromatic N) is 3. The maximum Gasteiger partial charge on any atom is 0.111 e. The average Bonchev–Trinajstić information content (AvgIpc) is 2.77. The molecule has 0 aliphatic rings. The summed E-state index contributed by atoms with van der Waals surface area (Å²) in [4.78, 5) is 0. The molecule has 1 N–H and O–H groups in total. The molecule has 0 atom stereocenters. The summed E-state index contributed by atoms with van der Waals surface area (Å²) in [5, 5.41) is 18.4. The lowest BCUT2D eigenvalue weighted by atomic mass is 10.2. The van der Waals surface area contributed by atoms with Gasteiger partial charge in [0.25, 0.3) is 0 Å². The van der Waals surface area contributed by atoms with Crippen molar-refractivity contribution < 1.29 is 5.11 Å². The van der Waals surface area contributed by atoms with Crippen molar-refractivity contribution >= 4 is 23.2 Å². The van der Waals surface area contributed by atoms with Crippen LogP contribution in [0.2, 0.25) is 10.0 Å². The topological polar surface area (TPSA) is 50.9 Å². The standard InChI is InChI=1S/C13H15Cl2N3O/c1-2-3-13-12(8-19)16-17-18(13)7-9-4-5-10(14)11(15)6-9/h4-6,19H,2-3,7-8H2,1H3. The van der Waals surface area contributed by atoms with Crippen molar-refractivity contribution in [3.63, 3.8) is 0 Å². The Morgan fingerprint density at radius 3 is 2.68 bits per heavy atom. The number of aliphatic hydroxyl groups excluding tert-OH is 1. The fourth-order valence-electron chi connectivity index (χ4n) is 1.94. The third kappa shape index (κ3) is 3.26. The number of rotatable bonds is 5. The van der Waals surface area contributed by atoms with E-state index in [0.29, 0.717) is 22.3 Å². The Hall–Kier alpha value is -1.10. The van der Waals surface area contributed by atoms with Gasteiger partial charge in [0.15, 0.2) is 0 Å². The van der Waals surface area contributed by atoms with Crippen molar-refractivity contribution in [3.05, 3.63) is 45.2 Å². The first-order valence-electron chi connectivity index (χ1n) is 6.11. The largest absolute Gasteiger partial charge is 0.390 e. The Morgan fingerprint density at radius 2 is 2.05 bits per heavy atom. The van der Waals surface area contributed by atoms with Gasteiger partial charge < -0.3 is 5.11 Å². The number of aliphatic hydroxyl groups is 1. The van der Waals surface area contributed by atoms with Crippen LogP contribution in [-0.4, -0.2) is 20.1 Å². The molecule has 0 unspecified atom stereocenters. The normalized spacial score (nSPS) is 10.9. The smallest absolute Gasteiger partial charge is 0.111 e. The molecule has 0 spiro atoms. The maximum absolute atomic E-state index is 9.25. The molecule has 1 heterocycles. The molecule has 0 saturated carbocycles. The predicted octanol–water partition coefficient (Wildman–Crippen LogP) is 3.08. The zero-order valence-corrected chi connectivity index (χ0v) is 12.1. The highest BCUT2D eigenvalue weighted by atomic mass is 35.5. The van der Waals surface area contributed by atoms with Crippen molar-refractivity contribution in [2.45, 2.75) is 32.9 Å². The van der Waals surface area contributed by atoms with Crippen molar-refractivity contribution in [3.8, 4) is 0 Å². The summed E-state index contributed by atoms with van der Waals surface area (Å²) in [6, 6.07) is 5.49. The first-order valence-corrected chi connectivity index (χ1v) is 6.87. The number of halogens is 2. The van der Waals surface area contributed by atoms with Crippen LogP contribution in [0.5, 0.6) is 0 Å². The van der Waals surface area contributed by atoms with Gasteiger partial charge in [0.1, 0.15) is 5.69 Å². The van der Waals surface area contributed by atoms with Crippen LogP contribution in [0.15, 0.2) is 18.2 Å². The molecule has 0 amide bonds. The minimum absolute atomic E-state index is 0.0866. The van der Waals surface area contributed by atoms with Crippen LogP contribution >= 0.6 is 23.2 Å². The molecular formula is C13H15Cl2N3O. The van der Waals surface area contributed by atoms with Gasteiger partial charge in [-0.3, -0.25) is 0 Å². The molecule has 0 saturated heterocycles. The van der Waals surface area contributed by atoms with Crippen molar-refractivity contribution in [2.75, 3.05) is 0 Å². The summed E-state index contributed by atoms with van der Waals surface area (Å²) in [6.07, 6.45) is 1.81. The van der Waals surface area contributed by atoms with E-state index in [1.165, 1.54) is 0 Å². The molecule has 102 valence electrons. The van der Waals surface area contributed by atoms with Gasteiger partial charge in [-0.1, -0.05) is 47.8 Å². The molecule has 6 heteroatoms. The minimum atomic E-state index is -0.0866. The van der Waals surface area contributed by atoms with Gasteiger partial charge in [-0.2, -0.15) is 0 Å². The summed E-state index contributed by atoms with van der Waals surface area (Å²) in [5.41, 5.74) is 2.61. The molecule has 2 aromatic rings. The Morgan fingerprint density at radius 1 is 1.26 bits per heavy atom. The SMILES string of the molecule is CCCc1c(CO)nnn1Cc1ccc(Cl)c(Cl)c1. The second kappa shape index (κ2) is 6.37. The number of benzene rings is 1. The summed E-state index contributed by atoms with van der Waals surface area (Å²) < 4.78 is 1.80. The lowest BCUT2D eigenvalue weighted by Crippen LogP contribution is -2.07. The van der Waals surface area contributed by atoms with E-state index < -0.39 is 0 Å². The molecule has 1 aromatic carbocycles. The summed E-state index contributed by atoms with van der Waals surface area (Å²) in [6.45, 7) is 2.56. The van der Waals surface area contributed by atoms with Gasteiger partial charge in [-0.15, -0.1) is 5.10 Å². The first-order chi connectivity index (χ1) is 9.15. The molecule has 4 nitrogen and oxygen atoms in total. The molecule has 2 rings (SSSR count). The Labute approximate surface area is 122 Å². The van der Waals surface area contributed by atoms with E-state index in [-0.39, 0.29) is 6.61 Å². The van der Waals surface area contributed by atoms with Crippen LogP contribution in [-0.2, 0) is 19.6 Å². The summed E-state index contributed by atoms with van der Waals surface area (Å²) in [7, 11) is 0. The van der Waals surface area contributed by atoms with Crippen molar-refractivity contribution in [2.24, 2.45) is 0 Å². The molecule has 0 radical (unpaired) electrons. The van der Waals surface area contributed by atoms with Crippen LogP contribution in [0, 0.1) is 0 Å². The van der Waals surface area contributed by atoms with Gasteiger partial charge in [0.05, 0.1) is 28.9 Å². The number of hydrogen-bond donors (Lipinski definition) is 1. The van der Waals surface area contributed by atoms with Crippen LogP contribution in [0.25, 0.3) is 0 Å². The van der Waals surface area contributed by atoms with E-state index in [9.17, 15) is 5.11 Å². The molecule has 19 heavy (non-hydrogen) atoms. The molecule has 0 aliphatic heterocycles. The second-order valence-electron chi connectivity index (χ2n) is 4.30. The average molecular weight is 300 g/mol. The molecule has 0 fully saturated rings. The zero-order chi connectivity index (χ0) is 13.8. The molecule has 0 bridgehead atoms.